The highest BCUT2D eigenvalue weighted by atomic mass is 16.5. The van der Waals surface area contributed by atoms with Crippen LogP contribution in [0.25, 0.3) is 0 Å². The van der Waals surface area contributed by atoms with E-state index >= 15 is 0 Å². The largest absolute Gasteiger partial charge is 0.497 e. The molecular weight excluding hydrogens is 412 g/mol. The number of aromatic nitrogens is 3. The van der Waals surface area contributed by atoms with Gasteiger partial charge in [-0.15, -0.1) is 0 Å². The second kappa shape index (κ2) is 8.86. The van der Waals surface area contributed by atoms with Gasteiger partial charge in [0, 0.05) is 24.2 Å². The number of ether oxygens (including phenoxy) is 2. The molecule has 4 rings (SSSR count). The third-order valence-corrected chi connectivity index (χ3v) is 5.60. The van der Waals surface area contributed by atoms with Crippen molar-refractivity contribution < 1.29 is 23.6 Å². The van der Waals surface area contributed by atoms with Gasteiger partial charge >= 0.3 is 5.97 Å². The third kappa shape index (κ3) is 3.98. The first-order valence-corrected chi connectivity index (χ1v) is 10.5. The summed E-state index contributed by atoms with van der Waals surface area (Å²) in [5.41, 5.74) is 3.92. The number of esters is 1. The lowest BCUT2D eigenvalue weighted by molar-refractivity contribution is 0.0513. The number of carbonyl (C=O) groups excluding carboxylic acids is 2. The topological polar surface area (TPSA) is 99.7 Å². The Kier molecular flexibility index (Phi) is 5.98. The van der Waals surface area contributed by atoms with Crippen molar-refractivity contribution in [3.8, 4) is 5.75 Å². The molecule has 0 saturated heterocycles. The van der Waals surface area contributed by atoms with Gasteiger partial charge in [0.1, 0.15) is 17.1 Å². The number of fused-ring (bicyclic) bond motifs is 1. The maximum atomic E-state index is 13.2. The second-order valence-corrected chi connectivity index (χ2v) is 7.68. The van der Waals surface area contributed by atoms with Crippen LogP contribution in [0.5, 0.6) is 5.75 Å². The van der Waals surface area contributed by atoms with E-state index in [-0.39, 0.29) is 24.8 Å². The van der Waals surface area contributed by atoms with Crippen molar-refractivity contribution in [2.24, 2.45) is 0 Å². The van der Waals surface area contributed by atoms with Crippen molar-refractivity contribution in [1.29, 1.82) is 0 Å². The lowest BCUT2D eigenvalue weighted by atomic mass is 10.0. The van der Waals surface area contributed by atoms with Gasteiger partial charge in [-0.3, -0.25) is 9.48 Å². The normalized spacial score (nSPS) is 13.1. The van der Waals surface area contributed by atoms with E-state index in [1.54, 1.807) is 32.8 Å². The first kappa shape index (κ1) is 21.6. The minimum Gasteiger partial charge on any atom is -0.497 e. The molecule has 0 saturated carbocycles. The number of rotatable bonds is 6. The Balaban J connectivity index is 1.67. The monoisotopic (exact) mass is 438 g/mol. The quantitative estimate of drug-likeness (QED) is 0.546. The maximum absolute atomic E-state index is 13.2. The molecule has 1 aliphatic heterocycles. The number of methoxy groups -OCH3 is 1. The number of carbonyl (C=O) groups is 2. The summed E-state index contributed by atoms with van der Waals surface area (Å²) < 4.78 is 17.5. The Hall–Kier alpha value is -3.62. The summed E-state index contributed by atoms with van der Waals surface area (Å²) in [6.07, 6.45) is 0.570. The molecule has 0 N–H and O–H groups in total. The number of amides is 1. The molecule has 0 atom stereocenters. The molecule has 0 fully saturated rings. The predicted molar refractivity (Wildman–Crippen MR) is 115 cm³/mol. The molecular formula is C23H26N4O5. The van der Waals surface area contributed by atoms with E-state index in [9.17, 15) is 9.59 Å². The number of hydrogen-bond donors (Lipinski definition) is 0. The minimum absolute atomic E-state index is 0.165. The molecule has 9 nitrogen and oxygen atoms in total. The van der Waals surface area contributed by atoms with Gasteiger partial charge in [-0.2, -0.15) is 5.10 Å². The fraction of sp³-hybridized carbons (Fsp3) is 0.391. The Morgan fingerprint density at radius 3 is 2.75 bits per heavy atom. The highest BCUT2D eigenvalue weighted by Gasteiger charge is 2.32. The van der Waals surface area contributed by atoms with E-state index in [1.165, 1.54) is 0 Å². The molecule has 0 unspecified atom stereocenters. The molecule has 1 aliphatic rings. The fourth-order valence-corrected chi connectivity index (χ4v) is 4.05. The van der Waals surface area contributed by atoms with Gasteiger partial charge < -0.3 is 18.9 Å². The summed E-state index contributed by atoms with van der Waals surface area (Å²) in [6.45, 7) is 6.72. The van der Waals surface area contributed by atoms with Crippen molar-refractivity contribution >= 4 is 11.9 Å². The van der Waals surface area contributed by atoms with Crippen molar-refractivity contribution in [2.75, 3.05) is 20.3 Å². The second-order valence-electron chi connectivity index (χ2n) is 7.68. The fourth-order valence-electron chi connectivity index (χ4n) is 4.05. The molecule has 1 amide bonds. The molecule has 2 aromatic heterocycles. The first-order chi connectivity index (χ1) is 15.4. The Labute approximate surface area is 185 Å². The summed E-state index contributed by atoms with van der Waals surface area (Å²) in [7, 11) is 1.62. The van der Waals surface area contributed by atoms with E-state index in [0.29, 0.717) is 36.5 Å². The highest BCUT2D eigenvalue weighted by molar-refractivity contribution is 5.96. The van der Waals surface area contributed by atoms with Crippen LogP contribution in [0.3, 0.4) is 0 Å². The summed E-state index contributed by atoms with van der Waals surface area (Å²) in [5, 5.41) is 8.47. The van der Waals surface area contributed by atoms with Gasteiger partial charge in [-0.05, 0) is 38.5 Å². The number of benzene rings is 1. The van der Waals surface area contributed by atoms with Crippen LogP contribution in [-0.4, -0.2) is 52.0 Å². The lowest BCUT2D eigenvalue weighted by Gasteiger charge is -2.27. The van der Waals surface area contributed by atoms with Crippen LogP contribution in [0.2, 0.25) is 0 Å². The Bertz CT molecular complexity index is 1140. The summed E-state index contributed by atoms with van der Waals surface area (Å²) in [5.74, 6) is 0.588. The zero-order valence-corrected chi connectivity index (χ0v) is 18.7. The van der Waals surface area contributed by atoms with Crippen LogP contribution in [0.1, 0.15) is 56.0 Å². The first-order valence-electron chi connectivity index (χ1n) is 10.5. The van der Waals surface area contributed by atoms with Gasteiger partial charge in [0.05, 0.1) is 32.5 Å². The summed E-state index contributed by atoms with van der Waals surface area (Å²) in [6, 6.07) is 7.72. The predicted octanol–water partition coefficient (Wildman–Crippen LogP) is 2.92. The number of aryl methyl sites for hydroxylation is 2. The molecule has 0 radical (unpaired) electrons. The average Bonchev–Trinajstić information content (AvgIpc) is 3.32. The Morgan fingerprint density at radius 2 is 2.06 bits per heavy atom. The van der Waals surface area contributed by atoms with Crippen molar-refractivity contribution in [2.45, 2.75) is 40.3 Å². The zero-order chi connectivity index (χ0) is 22.8. The number of hydrogen-bond acceptors (Lipinski definition) is 7. The molecule has 168 valence electrons. The molecule has 3 heterocycles. The van der Waals surface area contributed by atoms with Gasteiger partial charge in [0.25, 0.3) is 5.91 Å². The smallest absolute Gasteiger partial charge is 0.359 e. The van der Waals surface area contributed by atoms with Crippen LogP contribution >= 0.6 is 0 Å². The van der Waals surface area contributed by atoms with E-state index in [2.05, 4.69) is 10.3 Å². The van der Waals surface area contributed by atoms with Crippen LogP contribution in [0.15, 0.2) is 28.8 Å². The Morgan fingerprint density at radius 1 is 1.25 bits per heavy atom. The molecule has 1 aromatic carbocycles. The third-order valence-electron chi connectivity index (χ3n) is 5.60. The summed E-state index contributed by atoms with van der Waals surface area (Å²) >= 11 is 0. The van der Waals surface area contributed by atoms with Gasteiger partial charge in [0.2, 0.25) is 0 Å². The van der Waals surface area contributed by atoms with Gasteiger partial charge in [0.15, 0.2) is 5.69 Å². The molecule has 0 aliphatic carbocycles. The number of nitrogens with zero attached hydrogens (tertiary/aromatic N) is 4. The zero-order valence-electron chi connectivity index (χ0n) is 18.7. The molecule has 0 spiro atoms. The standard InChI is InChI=1S/C23H26N4O5/c1-5-31-23(29)21-18-13-26(22(28)20-14(2)25-32-15(20)3)10-9-19(18)27(24-21)12-16-7-6-8-17(11-16)30-4/h6-8,11H,5,9-10,12-13H2,1-4H3. The van der Waals surface area contributed by atoms with Crippen molar-refractivity contribution in [1.82, 2.24) is 19.8 Å². The SMILES string of the molecule is CCOC(=O)c1nn(Cc2cccc(OC)c2)c2c1CN(C(=O)c1c(C)noc1C)CC2. The van der Waals surface area contributed by atoms with E-state index in [4.69, 9.17) is 14.0 Å². The molecule has 32 heavy (non-hydrogen) atoms. The van der Waals surface area contributed by atoms with Crippen molar-refractivity contribution in [3.05, 3.63) is 63.8 Å². The molecule has 0 bridgehead atoms. The van der Waals surface area contributed by atoms with Crippen LogP contribution < -0.4 is 4.74 Å². The van der Waals surface area contributed by atoms with E-state index < -0.39 is 5.97 Å². The maximum Gasteiger partial charge on any atom is 0.359 e. The van der Waals surface area contributed by atoms with Gasteiger partial charge in [-0.1, -0.05) is 17.3 Å². The van der Waals surface area contributed by atoms with Crippen LogP contribution in [-0.2, 0) is 24.2 Å². The van der Waals surface area contributed by atoms with E-state index in [1.807, 2.05) is 28.9 Å². The molecule has 9 heteroatoms. The van der Waals surface area contributed by atoms with Crippen LogP contribution in [0, 0.1) is 13.8 Å². The summed E-state index contributed by atoms with van der Waals surface area (Å²) in [4.78, 5) is 27.5. The highest BCUT2D eigenvalue weighted by Crippen LogP contribution is 2.27. The van der Waals surface area contributed by atoms with Gasteiger partial charge in [-0.25, -0.2) is 4.79 Å². The average molecular weight is 438 g/mol. The minimum atomic E-state index is -0.486. The van der Waals surface area contributed by atoms with Crippen molar-refractivity contribution in [3.63, 3.8) is 0 Å². The lowest BCUT2D eigenvalue weighted by Crippen LogP contribution is -2.37. The van der Waals surface area contributed by atoms with Crippen LogP contribution in [0.4, 0.5) is 0 Å². The van der Waals surface area contributed by atoms with E-state index in [0.717, 1.165) is 22.6 Å². The molecule has 3 aromatic rings.